The van der Waals surface area contributed by atoms with E-state index in [1.807, 2.05) is 74.5 Å². The highest BCUT2D eigenvalue weighted by Crippen LogP contribution is 2.37. The lowest BCUT2D eigenvalue weighted by molar-refractivity contribution is -0.0893. The molecule has 1 aliphatic rings. The Morgan fingerprint density at radius 2 is 1.33 bits per heavy atom. The number of amidine groups is 2. The highest BCUT2D eigenvalue weighted by molar-refractivity contribution is 6.48. The summed E-state index contributed by atoms with van der Waals surface area (Å²) >= 11 is 0. The summed E-state index contributed by atoms with van der Waals surface area (Å²) in [5.74, 6) is 1.52. The number of benzene rings is 5. The van der Waals surface area contributed by atoms with Crippen molar-refractivity contribution in [1.82, 2.24) is 5.32 Å². The SMILES string of the molecule is CC(C)(O)C(C)(C)O[B]c1cc(-c2cccc(C3=NC(c4ccccc4)N=C(c4ccccc4)N3)c2)c2c(c1)oc1ccccc12. The Kier molecular flexibility index (Phi) is 7.59. The van der Waals surface area contributed by atoms with Crippen molar-refractivity contribution in [2.75, 3.05) is 0 Å². The standard InChI is InChI=1S/C39H35BN3O3/c1-38(2,44)39(3,4)46-40-29-23-31(34-30-20-11-12-21-32(30)45-33(34)24-29)27-18-13-19-28(22-27)37-42-35(25-14-7-5-8-15-25)41-36(43-37)26-16-9-6-10-17-26/h5-24,35,44H,1-4H3,(H,41,42,43). The third-order valence-corrected chi connectivity index (χ3v) is 8.80. The van der Waals surface area contributed by atoms with E-state index in [1.54, 1.807) is 21.3 Å². The van der Waals surface area contributed by atoms with Crippen LogP contribution in [0.1, 0.15) is 50.6 Å². The molecule has 1 aromatic heterocycles. The second-order valence-electron chi connectivity index (χ2n) is 12.7. The van der Waals surface area contributed by atoms with E-state index < -0.39 is 11.2 Å². The third kappa shape index (κ3) is 5.75. The predicted molar refractivity (Wildman–Crippen MR) is 188 cm³/mol. The van der Waals surface area contributed by atoms with Crippen molar-refractivity contribution in [3.05, 3.63) is 138 Å². The van der Waals surface area contributed by atoms with Crippen LogP contribution in [0.15, 0.2) is 136 Å². The normalized spacial score (nSPS) is 15.4. The number of hydrogen-bond acceptors (Lipinski definition) is 6. The summed E-state index contributed by atoms with van der Waals surface area (Å²) in [5, 5.41) is 16.3. The van der Waals surface area contributed by atoms with Crippen LogP contribution in [0.3, 0.4) is 0 Å². The number of aliphatic hydroxyl groups is 1. The molecule has 1 unspecified atom stereocenters. The van der Waals surface area contributed by atoms with Crippen LogP contribution in [0.4, 0.5) is 0 Å². The van der Waals surface area contributed by atoms with Gasteiger partial charge in [-0.05, 0) is 68.0 Å². The van der Waals surface area contributed by atoms with E-state index in [4.69, 9.17) is 19.1 Å². The van der Waals surface area contributed by atoms with Gasteiger partial charge in [0, 0.05) is 21.9 Å². The van der Waals surface area contributed by atoms with E-state index >= 15 is 0 Å². The molecular formula is C39H35BN3O3. The second kappa shape index (κ2) is 11.8. The minimum absolute atomic E-state index is 0.380. The Hall–Kier alpha value is -4.98. The number of hydrogen-bond donors (Lipinski definition) is 2. The molecule has 0 aliphatic carbocycles. The van der Waals surface area contributed by atoms with Crippen molar-refractivity contribution in [1.29, 1.82) is 0 Å². The fourth-order valence-corrected chi connectivity index (χ4v) is 5.48. The molecule has 1 radical (unpaired) electrons. The minimum atomic E-state index is -1.04. The Balaban J connectivity index is 1.33. The first kappa shape index (κ1) is 29.7. The molecule has 0 fully saturated rings. The average Bonchev–Trinajstić information content (AvgIpc) is 3.46. The molecule has 227 valence electrons. The van der Waals surface area contributed by atoms with Crippen molar-refractivity contribution in [3.63, 3.8) is 0 Å². The Labute approximate surface area is 269 Å². The largest absolute Gasteiger partial charge is 0.456 e. The molecule has 7 rings (SSSR count). The van der Waals surface area contributed by atoms with Crippen molar-refractivity contribution in [2.24, 2.45) is 9.98 Å². The lowest BCUT2D eigenvalue weighted by atomic mass is 9.81. The number of nitrogens with zero attached hydrogens (tertiary/aromatic N) is 2. The summed E-state index contributed by atoms with van der Waals surface area (Å²) in [6.45, 7) is 7.25. The van der Waals surface area contributed by atoms with Crippen LogP contribution in [0.25, 0.3) is 33.1 Å². The number of rotatable bonds is 8. The van der Waals surface area contributed by atoms with Crippen molar-refractivity contribution in [3.8, 4) is 11.1 Å². The zero-order valence-electron chi connectivity index (χ0n) is 26.4. The van der Waals surface area contributed by atoms with Gasteiger partial charge in [0.1, 0.15) is 22.8 Å². The summed E-state index contributed by atoms with van der Waals surface area (Å²) in [7, 11) is 1.71. The van der Waals surface area contributed by atoms with Crippen LogP contribution in [-0.4, -0.2) is 35.5 Å². The van der Waals surface area contributed by atoms with Gasteiger partial charge in [-0.1, -0.05) is 103 Å². The van der Waals surface area contributed by atoms with Crippen molar-refractivity contribution < 1.29 is 14.2 Å². The third-order valence-electron chi connectivity index (χ3n) is 8.80. The van der Waals surface area contributed by atoms with Crippen molar-refractivity contribution >= 4 is 46.6 Å². The molecule has 0 saturated heterocycles. The monoisotopic (exact) mass is 604 g/mol. The van der Waals surface area contributed by atoms with E-state index in [2.05, 4.69) is 66.0 Å². The zero-order valence-corrected chi connectivity index (χ0v) is 26.4. The smallest absolute Gasteiger partial charge is 0.331 e. The fourth-order valence-electron chi connectivity index (χ4n) is 5.48. The molecule has 0 bridgehead atoms. The quantitative estimate of drug-likeness (QED) is 0.176. The maximum Gasteiger partial charge on any atom is 0.331 e. The fraction of sp³-hybridized carbons (Fsp3) is 0.179. The van der Waals surface area contributed by atoms with Gasteiger partial charge in [-0.2, -0.15) is 0 Å². The molecule has 0 amide bonds. The molecule has 0 saturated carbocycles. The summed E-state index contributed by atoms with van der Waals surface area (Å²) in [5.41, 5.74) is 5.53. The predicted octanol–water partition coefficient (Wildman–Crippen LogP) is 7.56. The number of aliphatic imine (C=N–C) groups is 2. The summed E-state index contributed by atoms with van der Waals surface area (Å²) in [4.78, 5) is 10.1. The molecule has 46 heavy (non-hydrogen) atoms. The van der Waals surface area contributed by atoms with E-state index in [-0.39, 0.29) is 6.17 Å². The first-order valence-electron chi connectivity index (χ1n) is 15.5. The highest BCUT2D eigenvalue weighted by Gasteiger charge is 2.36. The van der Waals surface area contributed by atoms with Crippen LogP contribution in [-0.2, 0) is 4.65 Å². The maximum absolute atomic E-state index is 10.7. The van der Waals surface area contributed by atoms with Gasteiger partial charge >= 0.3 is 7.48 Å². The van der Waals surface area contributed by atoms with Gasteiger partial charge in [-0.25, -0.2) is 9.98 Å². The molecule has 0 spiro atoms. The Morgan fingerprint density at radius 3 is 2.07 bits per heavy atom. The van der Waals surface area contributed by atoms with Gasteiger partial charge in [-0.15, -0.1) is 0 Å². The number of para-hydroxylation sites is 1. The molecule has 7 heteroatoms. The van der Waals surface area contributed by atoms with Crippen LogP contribution in [0.2, 0.25) is 0 Å². The van der Waals surface area contributed by atoms with Crippen LogP contribution in [0.5, 0.6) is 0 Å². The summed E-state index contributed by atoms with van der Waals surface area (Å²) in [6.07, 6.45) is -0.380. The number of furan rings is 1. The maximum atomic E-state index is 10.7. The van der Waals surface area contributed by atoms with Crippen LogP contribution < -0.4 is 10.8 Å². The van der Waals surface area contributed by atoms with Crippen molar-refractivity contribution in [2.45, 2.75) is 45.1 Å². The molecule has 6 aromatic rings. The molecule has 1 atom stereocenters. The van der Waals surface area contributed by atoms with Gasteiger partial charge in [-0.3, -0.25) is 0 Å². The topological polar surface area (TPSA) is 79.3 Å². The summed E-state index contributed by atoms with van der Waals surface area (Å²) in [6, 6.07) is 40.9. The first-order chi connectivity index (χ1) is 22.2. The van der Waals surface area contributed by atoms with Gasteiger partial charge < -0.3 is 19.5 Å². The van der Waals surface area contributed by atoms with E-state index in [0.717, 1.165) is 66.9 Å². The molecule has 1 aliphatic heterocycles. The number of nitrogens with one attached hydrogen (secondary N) is 1. The highest BCUT2D eigenvalue weighted by atomic mass is 16.5. The zero-order chi connectivity index (χ0) is 31.9. The molecule has 6 nitrogen and oxygen atoms in total. The molecular weight excluding hydrogens is 569 g/mol. The molecule has 2 heterocycles. The lowest BCUT2D eigenvalue weighted by Gasteiger charge is -2.37. The summed E-state index contributed by atoms with van der Waals surface area (Å²) < 4.78 is 12.5. The lowest BCUT2D eigenvalue weighted by Crippen LogP contribution is -2.49. The first-order valence-corrected chi connectivity index (χ1v) is 15.5. The van der Waals surface area contributed by atoms with Crippen LogP contribution >= 0.6 is 0 Å². The molecule has 2 N–H and O–H groups in total. The van der Waals surface area contributed by atoms with Crippen LogP contribution in [0, 0.1) is 0 Å². The minimum Gasteiger partial charge on any atom is -0.456 e. The van der Waals surface area contributed by atoms with Gasteiger partial charge in [0.25, 0.3) is 0 Å². The van der Waals surface area contributed by atoms with E-state index in [1.165, 1.54) is 0 Å². The Morgan fingerprint density at radius 1 is 0.696 bits per heavy atom. The number of fused-ring (bicyclic) bond motifs is 3. The average molecular weight is 605 g/mol. The Bertz CT molecular complexity index is 2090. The van der Waals surface area contributed by atoms with E-state index in [9.17, 15) is 5.11 Å². The van der Waals surface area contributed by atoms with Gasteiger partial charge in [0.2, 0.25) is 0 Å². The van der Waals surface area contributed by atoms with E-state index in [0.29, 0.717) is 0 Å². The van der Waals surface area contributed by atoms with Gasteiger partial charge in [0.15, 0.2) is 6.17 Å². The molecule has 5 aromatic carbocycles. The van der Waals surface area contributed by atoms with Gasteiger partial charge in [0.05, 0.1) is 11.2 Å². The second-order valence-corrected chi connectivity index (χ2v) is 12.7.